The van der Waals surface area contributed by atoms with Crippen LogP contribution in [0.3, 0.4) is 0 Å². The molecule has 1 N–H and O–H groups in total. The fourth-order valence-electron chi connectivity index (χ4n) is 2.71. The monoisotopic (exact) mass is 277 g/mol. The molecule has 0 bridgehead atoms. The molecule has 1 heterocycles. The number of likely N-dealkylation sites (tertiary alicyclic amines) is 1. The Labute approximate surface area is 120 Å². The van der Waals surface area contributed by atoms with E-state index in [-0.39, 0.29) is 6.04 Å². The molecule has 2 atom stereocenters. The van der Waals surface area contributed by atoms with Crippen molar-refractivity contribution in [1.82, 2.24) is 4.90 Å². The lowest BCUT2D eigenvalue weighted by molar-refractivity contribution is -0.145. The molecule has 0 amide bonds. The average molecular weight is 277 g/mol. The summed E-state index contributed by atoms with van der Waals surface area (Å²) in [5.74, 6) is 0.654. The van der Waals surface area contributed by atoms with Gasteiger partial charge in [-0.15, -0.1) is 0 Å². The second-order valence-corrected chi connectivity index (χ2v) is 5.63. The number of carbonyl (C=O) groups is 1. The number of carboxylic acid groups (broad SMARTS) is 1. The summed E-state index contributed by atoms with van der Waals surface area (Å²) < 4.78 is 5.76. The minimum atomic E-state index is -0.715. The quantitative estimate of drug-likeness (QED) is 0.898. The first-order valence-electron chi connectivity index (χ1n) is 7.23. The fraction of sp³-hybridized carbons (Fsp3) is 0.562. The van der Waals surface area contributed by atoms with Crippen molar-refractivity contribution in [2.75, 3.05) is 19.7 Å². The summed E-state index contributed by atoms with van der Waals surface area (Å²) in [6.45, 7) is 6.17. The second-order valence-electron chi connectivity index (χ2n) is 5.63. The van der Waals surface area contributed by atoms with Crippen LogP contribution in [0.2, 0.25) is 0 Å². The zero-order valence-electron chi connectivity index (χ0n) is 12.2. The van der Waals surface area contributed by atoms with Crippen molar-refractivity contribution >= 4 is 5.97 Å². The number of hydrogen-bond donors (Lipinski definition) is 1. The van der Waals surface area contributed by atoms with Gasteiger partial charge in [-0.1, -0.05) is 25.1 Å². The Kier molecular flexibility index (Phi) is 5.01. The van der Waals surface area contributed by atoms with Crippen molar-refractivity contribution in [2.45, 2.75) is 32.7 Å². The van der Waals surface area contributed by atoms with E-state index in [1.165, 1.54) is 0 Å². The van der Waals surface area contributed by atoms with E-state index < -0.39 is 5.97 Å². The molecule has 1 fully saturated rings. The standard InChI is InChI=1S/C16H23NO3/c1-12-7-8-17(14(11-12)16(18)19)9-10-20-15-6-4-3-5-13(15)2/h3-6,12,14H,7-11H2,1-2H3,(H,18,19). The molecular formula is C16H23NO3. The van der Waals surface area contributed by atoms with E-state index in [0.29, 0.717) is 19.1 Å². The van der Waals surface area contributed by atoms with Crippen LogP contribution in [0.4, 0.5) is 0 Å². The minimum absolute atomic E-state index is 0.362. The highest BCUT2D eigenvalue weighted by Gasteiger charge is 2.31. The molecule has 1 saturated heterocycles. The topological polar surface area (TPSA) is 49.8 Å². The third kappa shape index (κ3) is 3.73. The number of hydrogen-bond acceptors (Lipinski definition) is 3. The highest BCUT2D eigenvalue weighted by Crippen LogP contribution is 2.23. The molecule has 1 aromatic carbocycles. The summed E-state index contributed by atoms with van der Waals surface area (Å²) in [6.07, 6.45) is 1.80. The zero-order valence-corrected chi connectivity index (χ0v) is 12.2. The Morgan fingerprint density at radius 1 is 1.45 bits per heavy atom. The van der Waals surface area contributed by atoms with Crippen molar-refractivity contribution in [3.8, 4) is 5.75 Å². The Morgan fingerprint density at radius 3 is 2.90 bits per heavy atom. The Balaban J connectivity index is 1.86. The van der Waals surface area contributed by atoms with E-state index in [1.54, 1.807) is 0 Å². The van der Waals surface area contributed by atoms with Gasteiger partial charge in [-0.2, -0.15) is 0 Å². The molecule has 0 aliphatic carbocycles. The molecule has 0 saturated carbocycles. The van der Waals surface area contributed by atoms with Gasteiger partial charge in [-0.05, 0) is 43.9 Å². The van der Waals surface area contributed by atoms with Gasteiger partial charge >= 0.3 is 5.97 Å². The molecule has 4 nitrogen and oxygen atoms in total. The van der Waals surface area contributed by atoms with Crippen LogP contribution in [-0.4, -0.2) is 41.7 Å². The predicted molar refractivity (Wildman–Crippen MR) is 78.1 cm³/mol. The van der Waals surface area contributed by atoms with Crippen LogP contribution in [0.5, 0.6) is 5.75 Å². The highest BCUT2D eigenvalue weighted by atomic mass is 16.5. The molecule has 0 aromatic heterocycles. The molecule has 1 aliphatic heterocycles. The normalized spacial score (nSPS) is 23.5. The maximum absolute atomic E-state index is 11.3. The number of piperidine rings is 1. The van der Waals surface area contributed by atoms with Crippen LogP contribution < -0.4 is 4.74 Å². The third-order valence-corrected chi connectivity index (χ3v) is 3.99. The van der Waals surface area contributed by atoms with E-state index in [2.05, 4.69) is 6.92 Å². The third-order valence-electron chi connectivity index (χ3n) is 3.99. The van der Waals surface area contributed by atoms with Crippen molar-refractivity contribution < 1.29 is 14.6 Å². The van der Waals surface area contributed by atoms with E-state index >= 15 is 0 Å². The number of benzene rings is 1. The van der Waals surface area contributed by atoms with Crippen LogP contribution in [0.25, 0.3) is 0 Å². The average Bonchev–Trinajstić information content (AvgIpc) is 2.42. The summed E-state index contributed by atoms with van der Waals surface area (Å²) in [7, 11) is 0. The maximum atomic E-state index is 11.3. The summed E-state index contributed by atoms with van der Waals surface area (Å²) in [5, 5.41) is 9.30. The molecule has 0 radical (unpaired) electrons. The summed E-state index contributed by atoms with van der Waals surface area (Å²) in [6, 6.07) is 7.53. The van der Waals surface area contributed by atoms with Gasteiger partial charge in [0.2, 0.25) is 0 Å². The van der Waals surface area contributed by atoms with Crippen LogP contribution in [-0.2, 0) is 4.79 Å². The van der Waals surface area contributed by atoms with Crippen molar-refractivity contribution in [3.05, 3.63) is 29.8 Å². The van der Waals surface area contributed by atoms with Crippen molar-refractivity contribution in [2.24, 2.45) is 5.92 Å². The summed E-state index contributed by atoms with van der Waals surface area (Å²) in [5.41, 5.74) is 1.11. The van der Waals surface area contributed by atoms with Gasteiger partial charge in [0.25, 0.3) is 0 Å². The molecular weight excluding hydrogens is 254 g/mol. The first kappa shape index (κ1) is 14.9. The van der Waals surface area contributed by atoms with Crippen molar-refractivity contribution in [1.29, 1.82) is 0 Å². The molecule has 2 rings (SSSR count). The molecule has 1 aliphatic rings. The molecule has 2 unspecified atom stereocenters. The highest BCUT2D eigenvalue weighted by molar-refractivity contribution is 5.73. The number of aliphatic carboxylic acids is 1. The number of carboxylic acids is 1. The number of ether oxygens (including phenoxy) is 1. The van der Waals surface area contributed by atoms with Gasteiger partial charge in [0.15, 0.2) is 0 Å². The summed E-state index contributed by atoms with van der Waals surface area (Å²) in [4.78, 5) is 13.3. The molecule has 4 heteroatoms. The van der Waals surface area contributed by atoms with Crippen LogP contribution in [0, 0.1) is 12.8 Å². The van der Waals surface area contributed by atoms with E-state index in [4.69, 9.17) is 4.74 Å². The lowest BCUT2D eigenvalue weighted by Gasteiger charge is -2.35. The maximum Gasteiger partial charge on any atom is 0.320 e. The summed E-state index contributed by atoms with van der Waals surface area (Å²) >= 11 is 0. The van der Waals surface area contributed by atoms with Crippen molar-refractivity contribution in [3.63, 3.8) is 0 Å². The van der Waals surface area contributed by atoms with E-state index in [1.807, 2.05) is 36.1 Å². The molecule has 1 aromatic rings. The van der Waals surface area contributed by atoms with Gasteiger partial charge in [0.1, 0.15) is 18.4 Å². The van der Waals surface area contributed by atoms with Crippen LogP contribution in [0.1, 0.15) is 25.3 Å². The first-order chi connectivity index (χ1) is 9.58. The van der Waals surface area contributed by atoms with Gasteiger partial charge in [-0.3, -0.25) is 9.69 Å². The minimum Gasteiger partial charge on any atom is -0.492 e. The Bertz CT molecular complexity index is 461. The number of para-hydroxylation sites is 1. The Morgan fingerprint density at radius 2 is 2.20 bits per heavy atom. The molecule has 20 heavy (non-hydrogen) atoms. The lowest BCUT2D eigenvalue weighted by atomic mass is 9.92. The molecule has 0 spiro atoms. The van der Waals surface area contributed by atoms with Gasteiger partial charge < -0.3 is 9.84 Å². The largest absolute Gasteiger partial charge is 0.492 e. The number of rotatable bonds is 5. The van der Waals surface area contributed by atoms with E-state index in [0.717, 1.165) is 30.7 Å². The van der Waals surface area contributed by atoms with Crippen LogP contribution >= 0.6 is 0 Å². The van der Waals surface area contributed by atoms with Gasteiger partial charge in [0.05, 0.1) is 0 Å². The van der Waals surface area contributed by atoms with Gasteiger partial charge in [0, 0.05) is 6.54 Å². The number of aryl methyl sites for hydroxylation is 1. The number of nitrogens with zero attached hydrogens (tertiary/aromatic N) is 1. The first-order valence-corrected chi connectivity index (χ1v) is 7.23. The van der Waals surface area contributed by atoms with Crippen LogP contribution in [0.15, 0.2) is 24.3 Å². The smallest absolute Gasteiger partial charge is 0.320 e. The fourth-order valence-corrected chi connectivity index (χ4v) is 2.71. The molecule has 110 valence electrons. The Hall–Kier alpha value is -1.55. The van der Waals surface area contributed by atoms with E-state index in [9.17, 15) is 9.90 Å². The van der Waals surface area contributed by atoms with Gasteiger partial charge in [-0.25, -0.2) is 0 Å². The lowest BCUT2D eigenvalue weighted by Crippen LogP contribution is -2.48. The zero-order chi connectivity index (χ0) is 14.5. The second kappa shape index (κ2) is 6.75. The predicted octanol–water partition coefficient (Wildman–Crippen LogP) is 2.56. The SMILES string of the molecule is Cc1ccccc1OCCN1CCC(C)CC1C(=O)O.